The van der Waals surface area contributed by atoms with Crippen LogP contribution in [-0.4, -0.2) is 62.4 Å². The van der Waals surface area contributed by atoms with Crippen LogP contribution in [0, 0.1) is 0 Å². The van der Waals surface area contributed by atoms with Gasteiger partial charge in [-0.15, -0.1) is 0 Å². The van der Waals surface area contributed by atoms with E-state index in [9.17, 15) is 18.0 Å². The third-order valence-corrected chi connectivity index (χ3v) is 6.54. The fraction of sp³-hybridized carbons (Fsp3) is 0.387. The Morgan fingerprint density at radius 1 is 0.925 bits per heavy atom. The number of ether oxygens (including phenoxy) is 2. The third-order valence-electron chi connectivity index (χ3n) is 6.54. The molecule has 3 aromatic carbocycles. The van der Waals surface area contributed by atoms with Gasteiger partial charge in [0.2, 0.25) is 0 Å². The van der Waals surface area contributed by atoms with Gasteiger partial charge in [0, 0.05) is 44.0 Å². The highest BCUT2D eigenvalue weighted by Gasteiger charge is 2.28. The molecule has 9 heteroatoms. The van der Waals surface area contributed by atoms with Gasteiger partial charge in [-0.3, -0.25) is 9.69 Å². The van der Waals surface area contributed by atoms with Crippen LogP contribution in [0.3, 0.4) is 0 Å². The minimum absolute atomic E-state index is 0.0588. The lowest BCUT2D eigenvalue weighted by Crippen LogP contribution is -2.46. The Morgan fingerprint density at radius 3 is 2.27 bits per heavy atom. The highest BCUT2D eigenvalue weighted by molar-refractivity contribution is 5.94. The molecule has 4 rings (SSSR count). The summed E-state index contributed by atoms with van der Waals surface area (Å²) in [4.78, 5) is 16.6. The van der Waals surface area contributed by atoms with Crippen molar-refractivity contribution < 1.29 is 27.4 Å². The van der Waals surface area contributed by atoms with Crippen LogP contribution >= 0.6 is 0 Å². The molecule has 1 fully saturated rings. The first kappa shape index (κ1) is 29.3. The Morgan fingerprint density at radius 2 is 1.62 bits per heavy atom. The van der Waals surface area contributed by atoms with E-state index < -0.39 is 18.6 Å². The normalized spacial score (nSPS) is 14.3. The first-order chi connectivity index (χ1) is 19.1. The quantitative estimate of drug-likeness (QED) is 0.325. The van der Waals surface area contributed by atoms with E-state index in [-0.39, 0.29) is 11.7 Å². The van der Waals surface area contributed by atoms with Crippen LogP contribution in [0.15, 0.2) is 66.7 Å². The second-order valence-corrected chi connectivity index (χ2v) is 10.1. The second kappa shape index (κ2) is 13.1. The molecule has 0 unspecified atom stereocenters. The number of rotatable bonds is 10. The second-order valence-electron chi connectivity index (χ2n) is 10.1. The minimum Gasteiger partial charge on any atom is -0.494 e. The lowest BCUT2D eigenvalue weighted by atomic mass is 10.0. The molecule has 0 spiro atoms. The van der Waals surface area contributed by atoms with Crippen molar-refractivity contribution in [2.75, 3.05) is 44.2 Å². The molecular weight excluding hydrogens is 519 g/mol. The van der Waals surface area contributed by atoms with Crippen molar-refractivity contribution in [2.45, 2.75) is 39.6 Å². The number of nitrogens with zero attached hydrogens (tertiary/aromatic N) is 2. The van der Waals surface area contributed by atoms with Crippen molar-refractivity contribution in [1.82, 2.24) is 10.2 Å². The van der Waals surface area contributed by atoms with E-state index in [2.05, 4.69) is 34.1 Å². The number of alkyl halides is 3. The molecule has 40 heavy (non-hydrogen) atoms. The summed E-state index contributed by atoms with van der Waals surface area (Å²) < 4.78 is 48.9. The van der Waals surface area contributed by atoms with Crippen LogP contribution < -0.4 is 19.7 Å². The van der Waals surface area contributed by atoms with Gasteiger partial charge in [-0.2, -0.15) is 13.2 Å². The van der Waals surface area contributed by atoms with Gasteiger partial charge in [0.15, 0.2) is 0 Å². The SMILES string of the molecule is CCOc1cccc(-c2cc(CN3CCN(c4ccc(C(=O)NCC(F)(F)F)cc4)CC3)cc(OC(C)C)c2)c1. The number of anilines is 1. The maximum atomic E-state index is 12.4. The maximum absolute atomic E-state index is 12.4. The van der Waals surface area contributed by atoms with Crippen LogP contribution in [0.1, 0.15) is 36.7 Å². The van der Waals surface area contributed by atoms with Crippen LogP contribution in [-0.2, 0) is 6.54 Å². The van der Waals surface area contributed by atoms with Gasteiger partial charge in [0.25, 0.3) is 5.91 Å². The van der Waals surface area contributed by atoms with Crippen LogP contribution in [0.2, 0.25) is 0 Å². The molecule has 0 aromatic heterocycles. The summed E-state index contributed by atoms with van der Waals surface area (Å²) in [5.74, 6) is 0.937. The molecule has 6 nitrogen and oxygen atoms in total. The zero-order chi connectivity index (χ0) is 28.7. The Hall–Kier alpha value is -3.72. The molecule has 3 aromatic rings. The molecule has 214 valence electrons. The van der Waals surface area contributed by atoms with Gasteiger partial charge >= 0.3 is 6.18 Å². The molecule has 0 radical (unpaired) electrons. The van der Waals surface area contributed by atoms with Crippen LogP contribution in [0.4, 0.5) is 18.9 Å². The summed E-state index contributed by atoms with van der Waals surface area (Å²) in [7, 11) is 0. The van der Waals surface area contributed by atoms with Gasteiger partial charge in [-0.05, 0) is 92.1 Å². The van der Waals surface area contributed by atoms with Gasteiger partial charge in [0.05, 0.1) is 12.7 Å². The Balaban J connectivity index is 1.39. The van der Waals surface area contributed by atoms with E-state index in [0.717, 1.165) is 66.6 Å². The Kier molecular flexibility index (Phi) is 9.58. The van der Waals surface area contributed by atoms with Crippen molar-refractivity contribution in [3.63, 3.8) is 0 Å². The van der Waals surface area contributed by atoms with Crippen molar-refractivity contribution in [1.29, 1.82) is 0 Å². The zero-order valence-electron chi connectivity index (χ0n) is 23.1. The molecule has 0 atom stereocenters. The number of amides is 1. The fourth-order valence-electron chi connectivity index (χ4n) is 4.72. The van der Waals surface area contributed by atoms with Gasteiger partial charge < -0.3 is 19.7 Å². The fourth-order valence-corrected chi connectivity index (χ4v) is 4.72. The van der Waals surface area contributed by atoms with Gasteiger partial charge in [-0.25, -0.2) is 0 Å². The van der Waals surface area contributed by atoms with E-state index >= 15 is 0 Å². The lowest BCUT2D eigenvalue weighted by Gasteiger charge is -2.36. The van der Waals surface area contributed by atoms with Crippen molar-refractivity contribution in [2.24, 2.45) is 0 Å². The highest BCUT2D eigenvalue weighted by Crippen LogP contribution is 2.30. The molecule has 1 aliphatic heterocycles. The molecule has 1 saturated heterocycles. The maximum Gasteiger partial charge on any atom is 0.405 e. The predicted molar refractivity (Wildman–Crippen MR) is 151 cm³/mol. The first-order valence-corrected chi connectivity index (χ1v) is 13.6. The molecule has 1 aliphatic rings. The summed E-state index contributed by atoms with van der Waals surface area (Å²) >= 11 is 0. The predicted octanol–water partition coefficient (Wildman–Crippen LogP) is 6.15. The number of hydrogen-bond acceptors (Lipinski definition) is 5. The molecule has 0 saturated carbocycles. The first-order valence-electron chi connectivity index (χ1n) is 13.6. The smallest absolute Gasteiger partial charge is 0.405 e. The van der Waals surface area contributed by atoms with E-state index in [0.29, 0.717) is 6.61 Å². The van der Waals surface area contributed by atoms with Crippen LogP contribution in [0.25, 0.3) is 11.1 Å². The molecule has 1 heterocycles. The van der Waals surface area contributed by atoms with E-state index in [4.69, 9.17) is 9.47 Å². The number of benzene rings is 3. The monoisotopic (exact) mass is 555 g/mol. The standard InChI is InChI=1S/C31H36F3N3O3/c1-4-39-28-7-5-6-25(18-28)26-16-23(17-29(19-26)40-22(2)3)20-36-12-14-37(15-13-36)27-10-8-24(9-11-27)30(38)35-21-31(32,33)34/h5-11,16-19,22H,4,12-15,20-21H2,1-3H3,(H,35,38). The molecule has 1 amide bonds. The lowest BCUT2D eigenvalue weighted by molar-refractivity contribution is -0.123. The average Bonchev–Trinajstić information content (AvgIpc) is 2.92. The molecule has 0 bridgehead atoms. The topological polar surface area (TPSA) is 54.0 Å². The summed E-state index contributed by atoms with van der Waals surface area (Å²) in [6.07, 6.45) is -4.38. The molecule has 1 N–H and O–H groups in total. The summed E-state index contributed by atoms with van der Waals surface area (Å²) in [6.45, 7) is 9.33. The van der Waals surface area contributed by atoms with Crippen molar-refractivity contribution >= 4 is 11.6 Å². The van der Waals surface area contributed by atoms with E-state index in [1.807, 2.05) is 44.3 Å². The van der Waals surface area contributed by atoms with E-state index in [1.54, 1.807) is 24.3 Å². The largest absolute Gasteiger partial charge is 0.494 e. The summed E-state index contributed by atoms with van der Waals surface area (Å²) in [5.41, 5.74) is 4.46. The number of carbonyl (C=O) groups is 1. The third kappa shape index (κ3) is 8.39. The minimum atomic E-state index is -4.44. The number of carbonyl (C=O) groups excluding carboxylic acids is 1. The van der Waals surface area contributed by atoms with Crippen LogP contribution in [0.5, 0.6) is 11.5 Å². The highest BCUT2D eigenvalue weighted by atomic mass is 19.4. The Bertz CT molecular complexity index is 1270. The van der Waals surface area contributed by atoms with Crippen molar-refractivity contribution in [3.8, 4) is 22.6 Å². The number of piperazine rings is 1. The Labute approximate surface area is 233 Å². The number of hydrogen-bond donors (Lipinski definition) is 1. The summed E-state index contributed by atoms with van der Waals surface area (Å²) in [6, 6.07) is 21.1. The van der Waals surface area contributed by atoms with Gasteiger partial charge in [0.1, 0.15) is 18.0 Å². The number of halogens is 3. The molecule has 0 aliphatic carbocycles. The summed E-state index contributed by atoms with van der Waals surface area (Å²) in [5, 5.41) is 1.90. The van der Waals surface area contributed by atoms with Gasteiger partial charge in [-0.1, -0.05) is 12.1 Å². The zero-order valence-corrected chi connectivity index (χ0v) is 23.1. The molecular formula is C31H36F3N3O3. The van der Waals surface area contributed by atoms with Crippen molar-refractivity contribution in [3.05, 3.63) is 77.9 Å². The average molecular weight is 556 g/mol. The van der Waals surface area contributed by atoms with E-state index in [1.165, 1.54) is 0 Å². The number of nitrogens with one attached hydrogen (secondary N) is 1.